The van der Waals surface area contributed by atoms with Gasteiger partial charge in [0, 0.05) is 22.9 Å². The van der Waals surface area contributed by atoms with Crippen LogP contribution in [0.25, 0.3) is 11.4 Å². The van der Waals surface area contributed by atoms with Crippen LogP contribution in [0.2, 0.25) is 0 Å². The number of ether oxygens (including phenoxy) is 2. The summed E-state index contributed by atoms with van der Waals surface area (Å²) in [6, 6.07) is 10.4. The average Bonchev–Trinajstić information content (AvgIpc) is 3.65. The lowest BCUT2D eigenvalue weighted by molar-refractivity contribution is 0.174. The van der Waals surface area contributed by atoms with Crippen LogP contribution in [0.4, 0.5) is 0 Å². The molecule has 1 aliphatic heterocycles. The molecule has 4 aromatic rings. The molecule has 0 spiro atoms. The van der Waals surface area contributed by atoms with Crippen LogP contribution in [0.15, 0.2) is 45.4 Å². The van der Waals surface area contributed by atoms with Crippen molar-refractivity contribution in [2.75, 3.05) is 6.79 Å². The average molecular weight is 482 g/mol. The van der Waals surface area contributed by atoms with E-state index >= 15 is 0 Å². The third kappa shape index (κ3) is 4.37. The molecule has 8 nitrogen and oxygen atoms in total. The minimum atomic E-state index is 0.239. The Labute approximate surface area is 199 Å². The molecule has 0 radical (unpaired) electrons. The largest absolute Gasteiger partial charge is 0.454 e. The number of nitrogens with zero attached hydrogens (tertiary/aromatic N) is 5. The Morgan fingerprint density at radius 3 is 2.85 bits per heavy atom. The van der Waals surface area contributed by atoms with Crippen molar-refractivity contribution in [2.24, 2.45) is 0 Å². The predicted molar refractivity (Wildman–Crippen MR) is 125 cm³/mol. The van der Waals surface area contributed by atoms with Gasteiger partial charge in [-0.25, -0.2) is 0 Å². The Hall–Kier alpha value is -2.85. The third-order valence-electron chi connectivity index (χ3n) is 6.01. The Bertz CT molecular complexity index is 1230. The van der Waals surface area contributed by atoms with E-state index in [0.29, 0.717) is 29.3 Å². The highest BCUT2D eigenvalue weighted by Crippen LogP contribution is 2.36. The van der Waals surface area contributed by atoms with Crippen molar-refractivity contribution in [2.45, 2.75) is 55.5 Å². The van der Waals surface area contributed by atoms with Crippen LogP contribution in [0.3, 0.4) is 0 Å². The van der Waals surface area contributed by atoms with Gasteiger partial charge in [0.15, 0.2) is 16.7 Å². The van der Waals surface area contributed by atoms with Crippen molar-refractivity contribution >= 4 is 23.1 Å². The molecule has 0 unspecified atom stereocenters. The number of thioether (sulfide) groups is 1. The van der Waals surface area contributed by atoms with Crippen molar-refractivity contribution in [1.29, 1.82) is 0 Å². The molecule has 3 aromatic heterocycles. The maximum absolute atomic E-state index is 5.53. The van der Waals surface area contributed by atoms with Crippen molar-refractivity contribution in [1.82, 2.24) is 24.9 Å². The number of hydrogen-bond donors (Lipinski definition) is 0. The normalized spacial score (nSPS) is 15.9. The summed E-state index contributed by atoms with van der Waals surface area (Å²) >= 11 is 3.37. The fourth-order valence-corrected chi connectivity index (χ4v) is 5.96. The first-order valence-corrected chi connectivity index (χ1v) is 13.0. The number of aromatic nitrogens is 5. The maximum Gasteiger partial charge on any atom is 0.237 e. The van der Waals surface area contributed by atoms with Crippen LogP contribution in [0.5, 0.6) is 11.5 Å². The number of benzene rings is 1. The van der Waals surface area contributed by atoms with Crippen molar-refractivity contribution in [3.8, 4) is 22.9 Å². The monoisotopic (exact) mass is 481 g/mol. The minimum Gasteiger partial charge on any atom is -0.454 e. The lowest BCUT2D eigenvalue weighted by atomic mass is 9.95. The van der Waals surface area contributed by atoms with E-state index in [9.17, 15) is 0 Å². The first-order chi connectivity index (χ1) is 16.3. The van der Waals surface area contributed by atoms with Gasteiger partial charge in [0.25, 0.3) is 0 Å². The van der Waals surface area contributed by atoms with Crippen molar-refractivity contribution < 1.29 is 14.0 Å². The number of rotatable bonds is 7. The first-order valence-electron chi connectivity index (χ1n) is 11.1. The Morgan fingerprint density at radius 2 is 1.97 bits per heavy atom. The second-order valence-corrected chi connectivity index (χ2v) is 10.2. The smallest absolute Gasteiger partial charge is 0.237 e. The SMILES string of the molecule is c1csc(Cc2nnc(SCc3nc(-c4ccc5c(c4)OCO5)no3)n2C2CCCCC2)c1. The van der Waals surface area contributed by atoms with Crippen LogP contribution in [-0.2, 0) is 12.2 Å². The maximum atomic E-state index is 5.53. The molecule has 0 atom stereocenters. The number of fused-ring (bicyclic) bond motifs is 1. The molecular formula is C23H23N5O3S2. The van der Waals surface area contributed by atoms with Crippen LogP contribution >= 0.6 is 23.1 Å². The van der Waals surface area contributed by atoms with E-state index in [-0.39, 0.29) is 6.79 Å². The molecule has 0 bridgehead atoms. The van der Waals surface area contributed by atoms with Gasteiger partial charge in [-0.2, -0.15) is 4.98 Å². The second-order valence-electron chi connectivity index (χ2n) is 8.19. The summed E-state index contributed by atoms with van der Waals surface area (Å²) in [5.74, 6) is 4.12. The van der Waals surface area contributed by atoms with E-state index in [0.717, 1.165) is 28.7 Å². The Kier molecular flexibility index (Phi) is 5.77. The van der Waals surface area contributed by atoms with Crippen molar-refractivity contribution in [3.63, 3.8) is 0 Å². The molecule has 33 heavy (non-hydrogen) atoms. The fraction of sp³-hybridized carbons (Fsp3) is 0.391. The Morgan fingerprint density at radius 1 is 1.06 bits per heavy atom. The molecule has 2 aliphatic rings. The van der Waals surface area contributed by atoms with E-state index in [1.807, 2.05) is 18.2 Å². The molecule has 10 heteroatoms. The highest BCUT2D eigenvalue weighted by Gasteiger charge is 2.24. The molecule has 1 aromatic carbocycles. The van der Waals surface area contributed by atoms with Crippen molar-refractivity contribution in [3.05, 3.63) is 52.3 Å². The van der Waals surface area contributed by atoms with Gasteiger partial charge in [-0.1, -0.05) is 42.2 Å². The van der Waals surface area contributed by atoms with E-state index in [1.165, 1.54) is 37.0 Å². The van der Waals surface area contributed by atoms with Gasteiger partial charge in [0.2, 0.25) is 18.5 Å². The third-order valence-corrected chi connectivity index (χ3v) is 7.82. The first kappa shape index (κ1) is 20.7. The van der Waals surface area contributed by atoms with E-state index in [1.54, 1.807) is 23.1 Å². The van der Waals surface area contributed by atoms with Gasteiger partial charge in [-0.15, -0.1) is 21.5 Å². The van der Waals surface area contributed by atoms with Gasteiger partial charge < -0.3 is 18.6 Å². The molecule has 0 saturated heterocycles. The van der Waals surface area contributed by atoms with E-state index in [2.05, 4.69) is 42.4 Å². The summed E-state index contributed by atoms with van der Waals surface area (Å²) in [4.78, 5) is 5.89. The highest BCUT2D eigenvalue weighted by atomic mass is 32.2. The summed E-state index contributed by atoms with van der Waals surface area (Å²) in [5.41, 5.74) is 0.836. The van der Waals surface area contributed by atoms with Gasteiger partial charge in [0.1, 0.15) is 5.82 Å². The van der Waals surface area contributed by atoms with Crippen LogP contribution in [0, 0.1) is 0 Å². The zero-order valence-corrected chi connectivity index (χ0v) is 19.6. The fourth-order valence-electron chi connectivity index (χ4n) is 4.39. The van der Waals surface area contributed by atoms with Crippen LogP contribution in [-0.4, -0.2) is 31.7 Å². The second kappa shape index (κ2) is 9.18. The summed E-state index contributed by atoms with van der Waals surface area (Å²) < 4.78 is 18.7. The molecule has 1 aliphatic carbocycles. The summed E-state index contributed by atoms with van der Waals surface area (Å²) in [6.45, 7) is 0.239. The minimum absolute atomic E-state index is 0.239. The van der Waals surface area contributed by atoms with Crippen LogP contribution < -0.4 is 9.47 Å². The van der Waals surface area contributed by atoms with Gasteiger partial charge in [0.05, 0.1) is 5.75 Å². The molecule has 1 saturated carbocycles. The topological polar surface area (TPSA) is 88.1 Å². The summed E-state index contributed by atoms with van der Waals surface area (Å²) in [5, 5.41) is 16.3. The predicted octanol–water partition coefficient (Wildman–Crippen LogP) is 5.51. The Balaban J connectivity index is 1.20. The lowest BCUT2D eigenvalue weighted by Gasteiger charge is -2.25. The van der Waals surface area contributed by atoms with Crippen LogP contribution in [0.1, 0.15) is 54.7 Å². The molecular weight excluding hydrogens is 458 g/mol. The molecule has 0 amide bonds. The summed E-state index contributed by atoms with van der Waals surface area (Å²) in [6.07, 6.45) is 7.00. The molecule has 0 N–H and O–H groups in total. The standard InChI is InChI=1S/C23H23N5O3S2/c1-2-5-16(6-3-1)28-20(12-17-7-4-10-32-17)25-26-23(28)33-13-21-24-22(27-31-21)15-8-9-18-19(11-15)30-14-29-18/h4,7-11,16H,1-3,5-6,12-14H2. The van der Waals surface area contributed by atoms with E-state index < -0.39 is 0 Å². The number of thiophene rings is 1. The molecule has 1 fully saturated rings. The molecule has 170 valence electrons. The lowest BCUT2D eigenvalue weighted by Crippen LogP contribution is -2.16. The summed E-state index contributed by atoms with van der Waals surface area (Å²) in [7, 11) is 0. The zero-order chi connectivity index (χ0) is 22.0. The number of hydrogen-bond acceptors (Lipinski definition) is 9. The quantitative estimate of drug-likeness (QED) is 0.320. The van der Waals surface area contributed by atoms with Gasteiger partial charge in [-0.05, 0) is 42.5 Å². The van der Waals surface area contributed by atoms with E-state index in [4.69, 9.17) is 14.0 Å². The van der Waals surface area contributed by atoms with Gasteiger partial charge >= 0.3 is 0 Å². The molecule has 6 rings (SSSR count). The highest BCUT2D eigenvalue weighted by molar-refractivity contribution is 7.98. The van der Waals surface area contributed by atoms with Gasteiger partial charge in [-0.3, -0.25) is 0 Å². The zero-order valence-electron chi connectivity index (χ0n) is 18.0. The molecule has 4 heterocycles.